The molecule has 3 aromatic rings. The Morgan fingerprint density at radius 1 is 1.14 bits per heavy atom. The summed E-state index contributed by atoms with van der Waals surface area (Å²) in [6, 6.07) is 20.3. The van der Waals surface area contributed by atoms with Crippen molar-refractivity contribution in [3.63, 3.8) is 0 Å². The van der Waals surface area contributed by atoms with Gasteiger partial charge in [-0.2, -0.15) is 0 Å². The molecular formula is C37H44FN5O7Si. The van der Waals surface area contributed by atoms with Crippen LogP contribution in [0.25, 0.3) is 0 Å². The molecule has 12 nitrogen and oxygen atoms in total. The third-order valence-electron chi connectivity index (χ3n) is 10.4. The Labute approximate surface area is 297 Å². The van der Waals surface area contributed by atoms with Crippen LogP contribution in [-0.2, 0) is 37.8 Å². The van der Waals surface area contributed by atoms with Crippen LogP contribution in [0.3, 0.4) is 0 Å². The van der Waals surface area contributed by atoms with Crippen molar-refractivity contribution in [2.24, 2.45) is 5.92 Å². The van der Waals surface area contributed by atoms with E-state index in [1.54, 1.807) is 25.1 Å². The molecule has 0 radical (unpaired) electrons. The number of aliphatic hydroxyl groups is 1. The molecule has 3 N–H and O–H groups in total. The van der Waals surface area contributed by atoms with Gasteiger partial charge in [0, 0.05) is 47.9 Å². The summed E-state index contributed by atoms with van der Waals surface area (Å²) >= 11 is 0. The molecule has 3 aromatic carbocycles. The van der Waals surface area contributed by atoms with E-state index in [1.807, 2.05) is 36.4 Å². The number of hydrogen-bond acceptors (Lipinski definition) is 8. The monoisotopic (exact) mass is 717 g/mol. The quantitative estimate of drug-likeness (QED) is 0.102. The van der Waals surface area contributed by atoms with Gasteiger partial charge in [0.2, 0.25) is 20.2 Å². The van der Waals surface area contributed by atoms with Gasteiger partial charge in [0.25, 0.3) is 11.6 Å². The van der Waals surface area contributed by atoms with Gasteiger partial charge in [-0.3, -0.25) is 24.5 Å². The minimum Gasteiger partial charge on any atom is -0.395 e. The molecule has 3 aliphatic heterocycles. The van der Waals surface area contributed by atoms with Gasteiger partial charge in [-0.25, -0.2) is 0 Å². The number of aliphatic hydroxyl groups excluding tert-OH is 1. The minimum atomic E-state index is -3.65. The molecule has 2 fully saturated rings. The van der Waals surface area contributed by atoms with Crippen LogP contribution in [-0.4, -0.2) is 72.9 Å². The summed E-state index contributed by atoms with van der Waals surface area (Å²) in [5.74, 6) is -1.77. The van der Waals surface area contributed by atoms with Crippen LogP contribution in [0.4, 0.5) is 21.2 Å². The molecule has 0 bridgehead atoms. The Bertz CT molecular complexity index is 1800. The molecule has 270 valence electrons. The molecule has 14 heteroatoms. The number of carbonyl (C=O) groups is 3. The number of hydrogen-bond donors (Lipinski definition) is 3. The Balaban J connectivity index is 1.33. The number of benzene rings is 3. The lowest BCUT2D eigenvalue weighted by atomic mass is 9.82. The number of amides is 3. The van der Waals surface area contributed by atoms with E-state index in [2.05, 4.69) is 10.6 Å². The van der Waals surface area contributed by atoms with E-state index in [-0.39, 0.29) is 61.8 Å². The van der Waals surface area contributed by atoms with Gasteiger partial charge in [-0.05, 0) is 61.8 Å². The SMILES string of the molecule is C[C@H]1[C@H]([Si](C)(C)F)[C@@H](CC(=O)N(CCO)Cc2ccccc2)O[C@]12C(=O)N(Cc1cccc(NC(=O)[C@H]3CCCN3)c1)c1ccc([N+](=O)[O-])cc12. The van der Waals surface area contributed by atoms with Crippen molar-refractivity contribution in [2.75, 3.05) is 29.9 Å². The Kier molecular flexibility index (Phi) is 10.4. The molecule has 51 heavy (non-hydrogen) atoms. The first kappa shape index (κ1) is 36.3. The van der Waals surface area contributed by atoms with Crippen LogP contribution in [0, 0.1) is 16.0 Å². The maximum atomic E-state index is 16.4. The highest BCUT2D eigenvalue weighted by atomic mass is 28.4. The number of fused-ring (bicyclic) bond motifs is 2. The predicted molar refractivity (Wildman–Crippen MR) is 192 cm³/mol. The predicted octanol–water partition coefficient (Wildman–Crippen LogP) is 5.02. The molecule has 3 amide bonds. The lowest BCUT2D eigenvalue weighted by Crippen LogP contribution is -2.45. The molecule has 0 saturated carbocycles. The van der Waals surface area contributed by atoms with Crippen molar-refractivity contribution in [3.05, 3.63) is 99.6 Å². The summed E-state index contributed by atoms with van der Waals surface area (Å²) in [4.78, 5) is 55.9. The van der Waals surface area contributed by atoms with Crippen molar-refractivity contribution in [1.29, 1.82) is 0 Å². The van der Waals surface area contributed by atoms with Gasteiger partial charge in [-0.15, -0.1) is 0 Å². The highest BCUT2D eigenvalue weighted by Crippen LogP contribution is 2.60. The van der Waals surface area contributed by atoms with E-state index in [1.165, 1.54) is 41.1 Å². The second-order valence-electron chi connectivity index (χ2n) is 14.2. The molecule has 1 spiro atoms. The third kappa shape index (κ3) is 7.18. The van der Waals surface area contributed by atoms with E-state index in [0.717, 1.165) is 24.9 Å². The highest BCUT2D eigenvalue weighted by molar-refractivity contribution is 6.72. The fraction of sp³-hybridized carbons (Fsp3) is 0.432. The fourth-order valence-electron chi connectivity index (χ4n) is 8.09. The maximum absolute atomic E-state index is 16.4. The van der Waals surface area contributed by atoms with Gasteiger partial charge < -0.3 is 34.4 Å². The Morgan fingerprint density at radius 2 is 1.88 bits per heavy atom. The smallest absolute Gasteiger partial charge is 0.269 e. The van der Waals surface area contributed by atoms with Crippen LogP contribution < -0.4 is 15.5 Å². The summed E-state index contributed by atoms with van der Waals surface area (Å²) in [7, 11) is -3.65. The summed E-state index contributed by atoms with van der Waals surface area (Å²) in [5, 5.41) is 27.9. The average molecular weight is 718 g/mol. The fourth-order valence-corrected chi connectivity index (χ4v) is 10.6. The number of non-ortho nitro benzene ring substituents is 1. The van der Waals surface area contributed by atoms with Crippen LogP contribution in [0.5, 0.6) is 0 Å². The number of ether oxygens (including phenoxy) is 1. The molecule has 6 rings (SSSR count). The number of halogens is 1. The second kappa shape index (κ2) is 14.6. The van der Waals surface area contributed by atoms with Crippen molar-refractivity contribution < 1.29 is 33.3 Å². The highest BCUT2D eigenvalue weighted by Gasteiger charge is 2.67. The van der Waals surface area contributed by atoms with Crippen LogP contribution >= 0.6 is 0 Å². The normalized spacial score (nSPS) is 24.2. The second-order valence-corrected chi connectivity index (χ2v) is 18.0. The lowest BCUT2D eigenvalue weighted by molar-refractivity contribution is -0.385. The number of nitro benzene ring substituents is 1. The average Bonchev–Trinajstić information content (AvgIpc) is 3.79. The zero-order chi connectivity index (χ0) is 36.5. The number of nitrogens with one attached hydrogen (secondary N) is 2. The molecule has 3 heterocycles. The summed E-state index contributed by atoms with van der Waals surface area (Å²) < 4.78 is 23.1. The Hall–Kier alpha value is -4.50. The number of rotatable bonds is 12. The molecule has 2 saturated heterocycles. The summed E-state index contributed by atoms with van der Waals surface area (Å²) in [6.07, 6.45) is 0.422. The lowest BCUT2D eigenvalue weighted by Gasteiger charge is -2.31. The zero-order valence-electron chi connectivity index (χ0n) is 29.0. The van der Waals surface area contributed by atoms with E-state index in [4.69, 9.17) is 4.74 Å². The summed E-state index contributed by atoms with van der Waals surface area (Å²) in [6.45, 7) is 5.63. The zero-order valence-corrected chi connectivity index (χ0v) is 30.0. The molecule has 0 aliphatic carbocycles. The topological polar surface area (TPSA) is 154 Å². The first-order valence-corrected chi connectivity index (χ1v) is 20.3. The van der Waals surface area contributed by atoms with Crippen molar-refractivity contribution >= 4 is 43.2 Å². The standard InChI is InChI=1S/C37H44FN5O7Si/c1-24-34(51(2,3)38)32(21-33(45)41(17-18-44)22-25-9-5-4-6-10-25)50-37(24)29-20-28(43(48)49)14-15-31(29)42(36(37)47)23-26-11-7-12-27(19-26)40-35(46)30-13-8-16-39-30/h4-7,9-12,14-15,19-20,24,30,32,34,39,44H,8,13,16-18,21-23H2,1-3H3,(H,40,46)/t24-,30+,32+,34-,37+/m0/s1. The molecule has 0 unspecified atom stereocenters. The van der Waals surface area contributed by atoms with Crippen LogP contribution in [0.15, 0.2) is 72.8 Å². The largest absolute Gasteiger partial charge is 0.395 e. The molecule has 5 atom stereocenters. The van der Waals surface area contributed by atoms with Crippen LogP contribution in [0.2, 0.25) is 18.6 Å². The molecular weight excluding hydrogens is 674 g/mol. The van der Waals surface area contributed by atoms with E-state index < -0.39 is 42.4 Å². The van der Waals surface area contributed by atoms with E-state index in [0.29, 0.717) is 16.9 Å². The molecule has 0 aromatic heterocycles. The van der Waals surface area contributed by atoms with Gasteiger partial charge in [0.1, 0.15) is 0 Å². The number of anilines is 2. The van der Waals surface area contributed by atoms with Gasteiger partial charge >= 0.3 is 0 Å². The summed E-state index contributed by atoms with van der Waals surface area (Å²) in [5.41, 5.74) is -0.0615. The van der Waals surface area contributed by atoms with Crippen molar-refractivity contribution in [3.8, 4) is 0 Å². The minimum absolute atomic E-state index is 0.0545. The van der Waals surface area contributed by atoms with E-state index >= 15 is 4.11 Å². The number of carbonyl (C=O) groups excluding carboxylic acids is 3. The van der Waals surface area contributed by atoms with Crippen molar-refractivity contribution in [2.45, 2.75) is 75.7 Å². The first-order valence-electron chi connectivity index (χ1n) is 17.4. The first-order chi connectivity index (χ1) is 24.3. The third-order valence-corrected chi connectivity index (χ3v) is 12.8. The number of nitro groups is 1. The van der Waals surface area contributed by atoms with Gasteiger partial charge in [0.05, 0.1) is 42.3 Å². The van der Waals surface area contributed by atoms with Gasteiger partial charge in [0.15, 0.2) is 5.60 Å². The van der Waals surface area contributed by atoms with E-state index in [9.17, 15) is 29.6 Å². The molecule has 3 aliphatic rings. The van der Waals surface area contributed by atoms with Gasteiger partial charge in [-0.1, -0.05) is 49.4 Å². The Morgan fingerprint density at radius 3 is 2.55 bits per heavy atom. The maximum Gasteiger partial charge on any atom is 0.269 e. The number of nitrogens with zero attached hydrogens (tertiary/aromatic N) is 3. The van der Waals surface area contributed by atoms with Crippen LogP contribution in [0.1, 0.15) is 42.9 Å². The van der Waals surface area contributed by atoms with Crippen molar-refractivity contribution in [1.82, 2.24) is 10.2 Å².